The van der Waals surface area contributed by atoms with E-state index >= 15 is 0 Å². The van der Waals surface area contributed by atoms with Gasteiger partial charge >= 0.3 is 0 Å². The third-order valence-electron chi connectivity index (χ3n) is 4.25. The Labute approximate surface area is 157 Å². The van der Waals surface area contributed by atoms with Gasteiger partial charge in [0.15, 0.2) is 4.90 Å². The molecule has 1 atom stereocenters. The summed E-state index contributed by atoms with van der Waals surface area (Å²) in [6.07, 6.45) is 1.67. The molecule has 0 bridgehead atoms. The summed E-state index contributed by atoms with van der Waals surface area (Å²) in [5, 5.41) is 1.48. The number of hydrogen-bond donors (Lipinski definition) is 2. The largest absolute Gasteiger partial charge is 0.593 e. The standard InChI is InChI=1S/C19H24N4O2S/c1-15-7-8-16(13-19(15)26(24)22-9-11-25-12-10-22)18(20)14-23(21)17-5-3-2-4-6-17/h2-8,13-14H,9-12,20-21H2,1H3/b18-14-. The first kappa shape index (κ1) is 18.8. The molecule has 2 aromatic rings. The van der Waals surface area contributed by atoms with Crippen molar-refractivity contribution in [1.82, 2.24) is 4.31 Å². The average Bonchev–Trinajstić information content (AvgIpc) is 2.69. The fourth-order valence-corrected chi connectivity index (χ4v) is 4.05. The van der Waals surface area contributed by atoms with E-state index in [1.807, 2.05) is 59.8 Å². The van der Waals surface area contributed by atoms with Crippen molar-refractivity contribution in [3.8, 4) is 0 Å². The number of nitrogens with zero attached hydrogens (tertiary/aromatic N) is 2. The molecule has 2 aromatic carbocycles. The molecule has 1 saturated heterocycles. The second kappa shape index (κ2) is 8.57. The number of aryl methyl sites for hydroxylation is 1. The summed E-state index contributed by atoms with van der Waals surface area (Å²) in [7, 11) is 0. The van der Waals surface area contributed by atoms with Crippen molar-refractivity contribution in [3.63, 3.8) is 0 Å². The quantitative estimate of drug-likeness (QED) is 0.474. The summed E-state index contributed by atoms with van der Waals surface area (Å²) >= 11 is -1.23. The summed E-state index contributed by atoms with van der Waals surface area (Å²) in [4.78, 5) is 0.768. The summed E-state index contributed by atoms with van der Waals surface area (Å²) < 4.78 is 20.2. The highest BCUT2D eigenvalue weighted by Gasteiger charge is 2.26. The zero-order chi connectivity index (χ0) is 18.5. The van der Waals surface area contributed by atoms with Gasteiger partial charge in [-0.05, 0) is 19.1 Å². The maximum absolute atomic E-state index is 12.9. The molecule has 6 nitrogen and oxygen atoms in total. The monoisotopic (exact) mass is 372 g/mol. The maximum atomic E-state index is 12.9. The Balaban J connectivity index is 1.83. The van der Waals surface area contributed by atoms with Crippen LogP contribution in [-0.4, -0.2) is 35.2 Å². The molecule has 1 aliphatic heterocycles. The Kier molecular flexibility index (Phi) is 6.18. The number of benzene rings is 2. The zero-order valence-electron chi connectivity index (χ0n) is 14.8. The van der Waals surface area contributed by atoms with Gasteiger partial charge in [-0.2, -0.15) is 0 Å². The van der Waals surface area contributed by atoms with E-state index in [0.29, 0.717) is 32.0 Å². The normalized spacial score (nSPS) is 17.1. The second-order valence-corrected chi connectivity index (χ2v) is 7.55. The van der Waals surface area contributed by atoms with E-state index in [1.165, 1.54) is 5.01 Å². The summed E-state index contributed by atoms with van der Waals surface area (Å²) in [5.74, 6) is 6.07. The van der Waals surface area contributed by atoms with Crippen molar-refractivity contribution in [2.24, 2.45) is 11.6 Å². The Morgan fingerprint density at radius 1 is 1.19 bits per heavy atom. The number of rotatable bonds is 5. The van der Waals surface area contributed by atoms with Crippen molar-refractivity contribution in [1.29, 1.82) is 0 Å². The topological polar surface area (TPSA) is 90.8 Å². The minimum atomic E-state index is -1.23. The molecule has 0 aromatic heterocycles. The molecule has 0 aliphatic carbocycles. The zero-order valence-corrected chi connectivity index (χ0v) is 15.6. The first-order valence-corrected chi connectivity index (χ1v) is 9.59. The van der Waals surface area contributed by atoms with E-state index in [-0.39, 0.29) is 0 Å². The van der Waals surface area contributed by atoms with E-state index in [1.54, 1.807) is 6.20 Å². The van der Waals surface area contributed by atoms with E-state index in [9.17, 15) is 4.55 Å². The Morgan fingerprint density at radius 3 is 2.58 bits per heavy atom. The van der Waals surface area contributed by atoms with Crippen LogP contribution in [0.5, 0.6) is 0 Å². The molecule has 0 amide bonds. The molecule has 138 valence electrons. The minimum Gasteiger partial charge on any atom is -0.593 e. The smallest absolute Gasteiger partial charge is 0.177 e. The highest BCUT2D eigenvalue weighted by atomic mass is 32.2. The number of para-hydroxylation sites is 1. The fourth-order valence-electron chi connectivity index (χ4n) is 2.72. The average molecular weight is 372 g/mol. The number of morpholine rings is 1. The molecule has 1 fully saturated rings. The van der Waals surface area contributed by atoms with Crippen LogP contribution in [0.1, 0.15) is 11.1 Å². The lowest BCUT2D eigenvalue weighted by molar-refractivity contribution is 0.0730. The number of ether oxygens (including phenoxy) is 1. The van der Waals surface area contributed by atoms with E-state index in [4.69, 9.17) is 16.3 Å². The van der Waals surface area contributed by atoms with Gasteiger partial charge in [0.1, 0.15) is 0 Å². The third-order valence-corrected chi connectivity index (χ3v) is 5.90. The lowest BCUT2D eigenvalue weighted by atomic mass is 10.1. The Bertz CT molecular complexity index is 763. The predicted molar refractivity (Wildman–Crippen MR) is 105 cm³/mol. The minimum absolute atomic E-state index is 0.511. The summed E-state index contributed by atoms with van der Waals surface area (Å²) in [6, 6.07) is 15.3. The lowest BCUT2D eigenvalue weighted by Gasteiger charge is -2.28. The molecule has 1 aliphatic rings. The van der Waals surface area contributed by atoms with Crippen molar-refractivity contribution in [2.75, 3.05) is 31.3 Å². The molecule has 7 heteroatoms. The van der Waals surface area contributed by atoms with Crippen LogP contribution in [0.4, 0.5) is 5.69 Å². The first-order chi connectivity index (χ1) is 12.6. The van der Waals surface area contributed by atoms with Gasteiger partial charge in [-0.25, -0.2) is 5.84 Å². The highest BCUT2D eigenvalue weighted by molar-refractivity contribution is 7.89. The molecule has 3 rings (SSSR count). The molecule has 1 unspecified atom stereocenters. The van der Waals surface area contributed by atoms with Crippen LogP contribution >= 0.6 is 0 Å². The highest BCUT2D eigenvalue weighted by Crippen LogP contribution is 2.24. The van der Waals surface area contributed by atoms with Crippen LogP contribution in [0.2, 0.25) is 0 Å². The molecule has 4 N–H and O–H groups in total. The van der Waals surface area contributed by atoms with Crippen molar-refractivity contribution < 1.29 is 9.29 Å². The summed E-state index contributed by atoms with van der Waals surface area (Å²) in [5.41, 5.74) is 9.34. The van der Waals surface area contributed by atoms with E-state index < -0.39 is 11.4 Å². The number of nitrogens with two attached hydrogens (primary N) is 2. The molecule has 0 spiro atoms. The van der Waals surface area contributed by atoms with Gasteiger partial charge in [0.2, 0.25) is 0 Å². The lowest BCUT2D eigenvalue weighted by Crippen LogP contribution is -2.40. The van der Waals surface area contributed by atoms with Gasteiger partial charge in [0.05, 0.1) is 49.0 Å². The molecule has 26 heavy (non-hydrogen) atoms. The van der Waals surface area contributed by atoms with E-state index in [2.05, 4.69) is 0 Å². The van der Waals surface area contributed by atoms with Gasteiger partial charge in [0.25, 0.3) is 0 Å². The number of hydrogen-bond acceptors (Lipinski definition) is 6. The van der Waals surface area contributed by atoms with Crippen LogP contribution in [0.25, 0.3) is 5.70 Å². The van der Waals surface area contributed by atoms with Gasteiger partial charge in [-0.1, -0.05) is 30.3 Å². The SMILES string of the molecule is Cc1ccc(/C(N)=C/N(N)c2ccccc2)cc1[S+]([O-])N1CCOCC1. The first-order valence-electron chi connectivity index (χ1n) is 8.48. The molecule has 1 heterocycles. The maximum Gasteiger partial charge on any atom is 0.177 e. The van der Waals surface area contributed by atoms with Gasteiger partial charge in [-0.15, -0.1) is 4.31 Å². The van der Waals surface area contributed by atoms with Crippen LogP contribution in [0.15, 0.2) is 59.6 Å². The fraction of sp³-hybridized carbons (Fsp3) is 0.263. The second-order valence-electron chi connectivity index (χ2n) is 6.10. The van der Waals surface area contributed by atoms with Crippen LogP contribution in [-0.2, 0) is 16.1 Å². The van der Waals surface area contributed by atoms with Crippen molar-refractivity contribution >= 4 is 22.7 Å². The van der Waals surface area contributed by atoms with Gasteiger partial charge < -0.3 is 15.0 Å². The van der Waals surface area contributed by atoms with Crippen molar-refractivity contribution in [3.05, 3.63) is 65.9 Å². The third kappa shape index (κ3) is 4.38. The number of hydrazine groups is 1. The molecule has 0 saturated carbocycles. The molecular weight excluding hydrogens is 348 g/mol. The summed E-state index contributed by atoms with van der Waals surface area (Å²) in [6.45, 7) is 4.48. The van der Waals surface area contributed by atoms with Gasteiger partial charge in [0, 0.05) is 23.4 Å². The molecule has 0 radical (unpaired) electrons. The molecular formula is C19H24N4O2S. The van der Waals surface area contributed by atoms with Crippen LogP contribution in [0.3, 0.4) is 0 Å². The Morgan fingerprint density at radius 2 is 1.88 bits per heavy atom. The van der Waals surface area contributed by atoms with Crippen LogP contribution in [0, 0.1) is 6.92 Å². The number of anilines is 1. The van der Waals surface area contributed by atoms with E-state index in [0.717, 1.165) is 21.7 Å². The van der Waals surface area contributed by atoms with Crippen molar-refractivity contribution in [2.45, 2.75) is 11.8 Å². The van der Waals surface area contributed by atoms with Crippen LogP contribution < -0.4 is 16.6 Å². The predicted octanol–water partition coefficient (Wildman–Crippen LogP) is 1.99. The Hall–Kier alpha value is -2.03. The van der Waals surface area contributed by atoms with Gasteiger partial charge in [-0.3, -0.25) is 5.01 Å².